The highest BCUT2D eigenvalue weighted by molar-refractivity contribution is 6.13. The molecule has 1 aliphatic heterocycles. The largest absolute Gasteiger partial charge is 0.326 e. The van der Waals surface area contributed by atoms with Crippen LogP contribution in [0.3, 0.4) is 0 Å². The lowest BCUT2D eigenvalue weighted by Gasteiger charge is -2.29. The number of nitrogens with two attached hydrogens (primary N) is 1. The van der Waals surface area contributed by atoms with Crippen LogP contribution in [0.25, 0.3) is 0 Å². The second kappa shape index (κ2) is 7.49. The molecule has 1 unspecified atom stereocenters. The van der Waals surface area contributed by atoms with Crippen LogP contribution in [0, 0.1) is 6.92 Å². The van der Waals surface area contributed by atoms with Crippen molar-refractivity contribution in [3.63, 3.8) is 0 Å². The molecule has 0 fully saturated rings. The molecule has 0 aromatic heterocycles. The molecule has 5 heteroatoms. The molecular weight excluding hydrogens is 310 g/mol. The van der Waals surface area contributed by atoms with Crippen LogP contribution < -0.4 is 16.4 Å². The number of nitrogens with one attached hydrogen (secondary N) is 2. The number of hydrogen-bond acceptors (Lipinski definition) is 5. The predicted octanol–water partition coefficient (Wildman–Crippen LogP) is 3.62. The van der Waals surface area contributed by atoms with Crippen molar-refractivity contribution < 1.29 is 0 Å². The van der Waals surface area contributed by atoms with Gasteiger partial charge in [-0.05, 0) is 25.5 Å². The average Bonchev–Trinajstić information content (AvgIpc) is 2.62. The lowest BCUT2D eigenvalue weighted by molar-refractivity contribution is 0.410. The van der Waals surface area contributed by atoms with Gasteiger partial charge in [-0.25, -0.2) is 9.98 Å². The molecule has 0 spiro atoms. The van der Waals surface area contributed by atoms with Crippen LogP contribution >= 0.6 is 0 Å². The first-order valence-corrected chi connectivity index (χ1v) is 8.73. The summed E-state index contributed by atoms with van der Waals surface area (Å²) in [5, 5.41) is 6.59. The van der Waals surface area contributed by atoms with E-state index < -0.39 is 5.79 Å². The molecule has 5 nitrogen and oxygen atoms in total. The van der Waals surface area contributed by atoms with Crippen molar-refractivity contribution in [1.29, 1.82) is 0 Å². The maximum absolute atomic E-state index is 6.49. The molecular formula is C20H25N5. The van der Waals surface area contributed by atoms with Crippen molar-refractivity contribution in [2.24, 2.45) is 15.7 Å². The normalized spacial score (nSPS) is 19.6. The van der Waals surface area contributed by atoms with E-state index in [2.05, 4.69) is 46.6 Å². The zero-order valence-corrected chi connectivity index (χ0v) is 14.8. The Bertz CT molecular complexity index is 764. The second-order valence-electron chi connectivity index (χ2n) is 6.38. The Morgan fingerprint density at radius 1 is 1.04 bits per heavy atom. The van der Waals surface area contributed by atoms with Crippen LogP contribution in [-0.2, 0) is 0 Å². The number of guanidine groups is 1. The summed E-state index contributed by atoms with van der Waals surface area (Å²) in [5.74, 6) is 0.416. The summed E-state index contributed by atoms with van der Waals surface area (Å²) in [6, 6.07) is 18.2. The highest BCUT2D eigenvalue weighted by Gasteiger charge is 2.29. The molecule has 0 amide bonds. The van der Waals surface area contributed by atoms with Gasteiger partial charge in [0.1, 0.15) is 5.84 Å². The Morgan fingerprint density at radius 3 is 2.44 bits per heavy atom. The Balaban J connectivity index is 1.88. The zero-order valence-electron chi connectivity index (χ0n) is 14.8. The van der Waals surface area contributed by atoms with Gasteiger partial charge in [-0.3, -0.25) is 5.73 Å². The van der Waals surface area contributed by atoms with Gasteiger partial charge in [0.2, 0.25) is 11.7 Å². The van der Waals surface area contributed by atoms with Crippen molar-refractivity contribution in [1.82, 2.24) is 5.32 Å². The molecule has 0 bridgehead atoms. The number of benzene rings is 2. The van der Waals surface area contributed by atoms with E-state index in [0.29, 0.717) is 12.4 Å². The van der Waals surface area contributed by atoms with E-state index in [4.69, 9.17) is 5.73 Å². The molecule has 4 N–H and O–H groups in total. The van der Waals surface area contributed by atoms with Crippen LogP contribution in [0.1, 0.15) is 37.3 Å². The summed E-state index contributed by atoms with van der Waals surface area (Å²) in [6.45, 7) is 4.21. The summed E-state index contributed by atoms with van der Waals surface area (Å²) < 4.78 is 0. The molecule has 25 heavy (non-hydrogen) atoms. The van der Waals surface area contributed by atoms with E-state index in [9.17, 15) is 0 Å². The number of anilines is 1. The maximum Gasteiger partial charge on any atom is 0.208 e. The first-order valence-electron chi connectivity index (χ1n) is 8.73. The third-order valence-corrected chi connectivity index (χ3v) is 4.11. The summed E-state index contributed by atoms with van der Waals surface area (Å²) in [5.41, 5.74) is 9.66. The topological polar surface area (TPSA) is 74.8 Å². The first kappa shape index (κ1) is 17.2. The lowest BCUT2D eigenvalue weighted by atomic mass is 10.1. The van der Waals surface area contributed by atoms with Gasteiger partial charge in [-0.15, -0.1) is 0 Å². The molecule has 2 aromatic rings. The minimum atomic E-state index is -0.945. The monoisotopic (exact) mass is 335 g/mol. The van der Waals surface area contributed by atoms with E-state index in [1.165, 1.54) is 5.56 Å². The van der Waals surface area contributed by atoms with Crippen molar-refractivity contribution in [3.05, 3.63) is 65.7 Å². The fourth-order valence-corrected chi connectivity index (χ4v) is 2.69. The summed E-state index contributed by atoms with van der Waals surface area (Å²) in [7, 11) is 0. The van der Waals surface area contributed by atoms with Gasteiger partial charge in [-0.2, -0.15) is 0 Å². The third-order valence-electron chi connectivity index (χ3n) is 4.11. The molecule has 1 atom stereocenters. The third kappa shape index (κ3) is 4.45. The SMILES string of the molecule is CCCCC1(N)N=C(Nc2ccc(C)cc2)NC(c2ccccc2)=N1. The zero-order chi connectivity index (χ0) is 17.7. The summed E-state index contributed by atoms with van der Waals surface area (Å²) in [6.07, 6.45) is 2.74. The molecule has 3 rings (SSSR count). The molecule has 1 heterocycles. The number of aliphatic imine (C=N–C) groups is 2. The first-order chi connectivity index (χ1) is 12.1. The van der Waals surface area contributed by atoms with Crippen LogP contribution in [0.2, 0.25) is 0 Å². The number of amidine groups is 1. The molecule has 0 aliphatic carbocycles. The summed E-state index contributed by atoms with van der Waals surface area (Å²) in [4.78, 5) is 9.31. The van der Waals surface area contributed by atoms with Gasteiger partial charge in [-0.1, -0.05) is 61.4 Å². The van der Waals surface area contributed by atoms with Crippen LogP contribution in [0.5, 0.6) is 0 Å². The summed E-state index contributed by atoms with van der Waals surface area (Å²) >= 11 is 0. The molecule has 0 saturated carbocycles. The van der Waals surface area contributed by atoms with E-state index in [1.807, 2.05) is 42.5 Å². The molecule has 130 valence electrons. The van der Waals surface area contributed by atoms with E-state index in [1.54, 1.807) is 0 Å². The molecule has 1 aliphatic rings. The number of rotatable bonds is 5. The smallest absolute Gasteiger partial charge is 0.208 e. The highest BCUT2D eigenvalue weighted by Crippen LogP contribution is 2.20. The average molecular weight is 335 g/mol. The van der Waals surface area contributed by atoms with Gasteiger partial charge < -0.3 is 10.6 Å². The van der Waals surface area contributed by atoms with E-state index in [0.717, 1.165) is 29.9 Å². The van der Waals surface area contributed by atoms with Crippen LogP contribution in [0.4, 0.5) is 5.69 Å². The number of unbranched alkanes of at least 4 members (excludes halogenated alkanes) is 1. The molecule has 2 aromatic carbocycles. The predicted molar refractivity (Wildman–Crippen MR) is 105 cm³/mol. The minimum Gasteiger partial charge on any atom is -0.326 e. The number of nitrogens with zero attached hydrogens (tertiary/aromatic N) is 2. The van der Waals surface area contributed by atoms with Crippen LogP contribution in [0.15, 0.2) is 64.6 Å². The highest BCUT2D eigenvalue weighted by atomic mass is 15.4. The van der Waals surface area contributed by atoms with Gasteiger partial charge in [0.15, 0.2) is 0 Å². The Hall–Kier alpha value is -2.66. The van der Waals surface area contributed by atoms with Crippen molar-refractivity contribution in [2.75, 3.05) is 5.32 Å². The van der Waals surface area contributed by atoms with Crippen LogP contribution in [-0.4, -0.2) is 17.6 Å². The fourth-order valence-electron chi connectivity index (χ4n) is 2.69. The van der Waals surface area contributed by atoms with Crippen molar-refractivity contribution >= 4 is 17.5 Å². The maximum atomic E-state index is 6.49. The van der Waals surface area contributed by atoms with Gasteiger partial charge >= 0.3 is 0 Å². The Morgan fingerprint density at radius 2 is 1.76 bits per heavy atom. The van der Waals surface area contributed by atoms with Crippen molar-refractivity contribution in [3.8, 4) is 0 Å². The Kier molecular flexibility index (Phi) is 5.14. The van der Waals surface area contributed by atoms with Gasteiger partial charge in [0.05, 0.1) is 0 Å². The van der Waals surface area contributed by atoms with Gasteiger partial charge in [0.25, 0.3) is 0 Å². The fraction of sp³-hybridized carbons (Fsp3) is 0.300. The molecule has 0 saturated heterocycles. The minimum absolute atomic E-state index is 0.622. The van der Waals surface area contributed by atoms with Crippen molar-refractivity contribution in [2.45, 2.75) is 38.9 Å². The van der Waals surface area contributed by atoms with E-state index in [-0.39, 0.29) is 0 Å². The Labute approximate surface area is 149 Å². The standard InChI is InChI=1S/C20H25N5/c1-3-4-14-20(21)24-18(16-8-6-5-7-9-16)23-19(25-20)22-17-12-10-15(2)11-13-17/h5-13H,3-4,14,21H2,1-2H3,(H2,22,23,24,25). The quantitative estimate of drug-likeness (QED) is 0.781. The lowest BCUT2D eigenvalue weighted by Crippen LogP contribution is -2.49. The van der Waals surface area contributed by atoms with E-state index >= 15 is 0 Å². The number of hydrogen-bond donors (Lipinski definition) is 3. The molecule has 0 radical (unpaired) electrons. The second-order valence-corrected chi connectivity index (χ2v) is 6.38. The van der Waals surface area contributed by atoms with Gasteiger partial charge in [0, 0.05) is 17.7 Å². The number of aryl methyl sites for hydroxylation is 1.